The number of rotatable bonds is 6. The minimum Gasteiger partial charge on any atom is -0.314 e. The molecule has 0 aliphatic heterocycles. The Morgan fingerprint density at radius 2 is 1.68 bits per heavy atom. The van der Waals surface area contributed by atoms with Crippen molar-refractivity contribution in [3.8, 4) is 0 Å². The van der Waals surface area contributed by atoms with Crippen LogP contribution in [-0.2, 0) is 22.0 Å². The Morgan fingerprint density at radius 1 is 1.16 bits per heavy atom. The molecule has 0 bridgehead atoms. The largest absolute Gasteiger partial charge is 0.314 e. The maximum absolute atomic E-state index is 11.3. The molecule has 1 aromatic rings. The summed E-state index contributed by atoms with van der Waals surface area (Å²) < 4.78 is 22.5. The van der Waals surface area contributed by atoms with Gasteiger partial charge in [0.05, 0.1) is 0 Å². The molecule has 1 heterocycles. The maximum atomic E-state index is 11.3. The predicted octanol–water partition coefficient (Wildman–Crippen LogP) is 1.18. The zero-order chi connectivity index (χ0) is 14.6. The Balaban J connectivity index is 2.85. The number of nitrogens with one attached hydrogen (secondary N) is 1. The lowest BCUT2D eigenvalue weighted by molar-refractivity contribution is 0.586. The fourth-order valence-electron chi connectivity index (χ4n) is 1.96. The van der Waals surface area contributed by atoms with Gasteiger partial charge in [-0.2, -0.15) is 0 Å². The molecule has 6 heteroatoms. The molecule has 1 N–H and O–H groups in total. The molecule has 0 aliphatic carbocycles. The lowest BCUT2D eigenvalue weighted by Gasteiger charge is -2.12. The topological polar surface area (TPSA) is 72.0 Å². The zero-order valence-corrected chi connectivity index (χ0v) is 13.1. The molecular weight excluding hydrogens is 262 g/mol. The lowest BCUT2D eigenvalue weighted by Crippen LogP contribution is -2.25. The average molecular weight is 285 g/mol. The summed E-state index contributed by atoms with van der Waals surface area (Å²) >= 11 is 0. The highest BCUT2D eigenvalue weighted by Crippen LogP contribution is 2.12. The molecule has 0 fully saturated rings. The molecule has 0 aliphatic rings. The van der Waals surface area contributed by atoms with Crippen LogP contribution in [0.25, 0.3) is 0 Å². The summed E-state index contributed by atoms with van der Waals surface area (Å²) in [6, 6.07) is 0.450. The first-order chi connectivity index (χ1) is 8.69. The lowest BCUT2D eigenvalue weighted by atomic mass is 10.1. The Hall–Kier alpha value is -1.01. The van der Waals surface area contributed by atoms with Gasteiger partial charge in [-0.1, -0.05) is 13.8 Å². The van der Waals surface area contributed by atoms with Gasteiger partial charge >= 0.3 is 0 Å². The minimum atomic E-state index is -3.09. The highest BCUT2D eigenvalue weighted by molar-refractivity contribution is 7.89. The van der Waals surface area contributed by atoms with Gasteiger partial charge in [0, 0.05) is 23.7 Å². The van der Waals surface area contributed by atoms with Gasteiger partial charge in [0.25, 0.3) is 0 Å². The molecule has 0 saturated carbocycles. The Labute approximate surface area is 115 Å². The van der Waals surface area contributed by atoms with Gasteiger partial charge in [0.1, 0.15) is 11.6 Å². The van der Waals surface area contributed by atoms with E-state index in [2.05, 4.69) is 29.1 Å². The molecule has 0 saturated heterocycles. The van der Waals surface area contributed by atoms with Crippen molar-refractivity contribution in [2.24, 2.45) is 0 Å². The van der Waals surface area contributed by atoms with Crippen LogP contribution < -0.4 is 5.32 Å². The molecule has 5 nitrogen and oxygen atoms in total. The fourth-order valence-corrected chi connectivity index (χ4v) is 2.55. The molecule has 0 aromatic carbocycles. The van der Waals surface area contributed by atoms with Crippen molar-refractivity contribution in [1.29, 1.82) is 0 Å². The Kier molecular flexibility index (Phi) is 5.43. The van der Waals surface area contributed by atoms with E-state index in [4.69, 9.17) is 0 Å². The minimum absolute atomic E-state index is 0.0980. The van der Waals surface area contributed by atoms with Crippen molar-refractivity contribution in [3.63, 3.8) is 0 Å². The van der Waals surface area contributed by atoms with Crippen molar-refractivity contribution in [2.45, 2.75) is 45.9 Å². The SMILES string of the molecule is Cc1nc(CS(C)(=O)=O)nc(C)c1CCNC(C)C. The molecule has 108 valence electrons. The third kappa shape index (κ3) is 5.65. The van der Waals surface area contributed by atoms with E-state index >= 15 is 0 Å². The van der Waals surface area contributed by atoms with E-state index in [0.29, 0.717) is 11.9 Å². The van der Waals surface area contributed by atoms with Gasteiger partial charge in [-0.05, 0) is 32.4 Å². The van der Waals surface area contributed by atoms with Crippen molar-refractivity contribution < 1.29 is 8.42 Å². The van der Waals surface area contributed by atoms with E-state index in [-0.39, 0.29) is 5.75 Å². The predicted molar refractivity (Wildman–Crippen MR) is 76.9 cm³/mol. The third-order valence-electron chi connectivity index (χ3n) is 2.79. The summed E-state index contributed by atoms with van der Waals surface area (Å²) in [5.74, 6) is 0.289. The smallest absolute Gasteiger partial charge is 0.154 e. The fraction of sp³-hybridized carbons (Fsp3) is 0.692. The number of hydrogen-bond donors (Lipinski definition) is 1. The van der Waals surface area contributed by atoms with Crippen molar-refractivity contribution in [3.05, 3.63) is 22.8 Å². The Bertz CT molecular complexity index is 516. The number of hydrogen-bond acceptors (Lipinski definition) is 5. The van der Waals surface area contributed by atoms with Gasteiger partial charge in [-0.25, -0.2) is 18.4 Å². The van der Waals surface area contributed by atoms with E-state index in [9.17, 15) is 8.42 Å². The highest BCUT2D eigenvalue weighted by Gasteiger charge is 2.12. The maximum Gasteiger partial charge on any atom is 0.154 e. The second kappa shape index (κ2) is 6.43. The molecule has 19 heavy (non-hydrogen) atoms. The van der Waals surface area contributed by atoms with Gasteiger partial charge in [-0.15, -0.1) is 0 Å². The first-order valence-electron chi connectivity index (χ1n) is 6.43. The van der Waals surface area contributed by atoms with Crippen molar-refractivity contribution >= 4 is 9.84 Å². The van der Waals surface area contributed by atoms with E-state index in [1.54, 1.807) is 0 Å². The first kappa shape index (κ1) is 16.0. The molecule has 1 rings (SSSR count). The summed E-state index contributed by atoms with van der Waals surface area (Å²) in [4.78, 5) is 8.60. The number of sulfone groups is 1. The molecule has 0 radical (unpaired) electrons. The van der Waals surface area contributed by atoms with Crippen LogP contribution in [0, 0.1) is 13.8 Å². The van der Waals surface area contributed by atoms with Crippen LogP contribution in [0.5, 0.6) is 0 Å². The quantitative estimate of drug-likeness (QED) is 0.849. The summed E-state index contributed by atoms with van der Waals surface area (Å²) in [6.45, 7) is 8.89. The van der Waals surface area contributed by atoms with E-state index < -0.39 is 9.84 Å². The second-order valence-electron chi connectivity index (χ2n) is 5.22. The summed E-state index contributed by atoms with van der Waals surface area (Å²) in [5.41, 5.74) is 2.85. The molecular formula is C13H23N3O2S. The molecule has 1 aromatic heterocycles. The number of aryl methyl sites for hydroxylation is 2. The van der Waals surface area contributed by atoms with Crippen LogP contribution in [0.1, 0.15) is 36.6 Å². The first-order valence-corrected chi connectivity index (χ1v) is 8.49. The Morgan fingerprint density at radius 3 is 2.11 bits per heavy atom. The molecule has 0 spiro atoms. The summed E-state index contributed by atoms with van der Waals surface area (Å²) in [6.07, 6.45) is 2.05. The van der Waals surface area contributed by atoms with Gasteiger partial charge in [-0.3, -0.25) is 0 Å². The number of nitrogens with zero attached hydrogens (tertiary/aromatic N) is 2. The van der Waals surface area contributed by atoms with Crippen LogP contribution in [0.3, 0.4) is 0 Å². The average Bonchev–Trinajstić information content (AvgIpc) is 2.19. The monoisotopic (exact) mass is 285 g/mol. The molecule has 0 unspecified atom stereocenters. The zero-order valence-electron chi connectivity index (χ0n) is 12.3. The summed E-state index contributed by atoms with van der Waals surface area (Å²) in [5, 5.41) is 3.35. The van der Waals surface area contributed by atoms with E-state index in [1.165, 1.54) is 6.26 Å². The highest BCUT2D eigenvalue weighted by atomic mass is 32.2. The van der Waals surface area contributed by atoms with Crippen molar-refractivity contribution in [2.75, 3.05) is 12.8 Å². The van der Waals surface area contributed by atoms with Gasteiger partial charge in [0.2, 0.25) is 0 Å². The normalized spacial score (nSPS) is 12.1. The van der Waals surface area contributed by atoms with Crippen LogP contribution in [0.4, 0.5) is 0 Å². The third-order valence-corrected chi connectivity index (χ3v) is 3.57. The van der Waals surface area contributed by atoms with E-state index in [0.717, 1.165) is 29.9 Å². The standard InChI is InChI=1S/C13H23N3O2S/c1-9(2)14-7-6-12-10(3)15-13(16-11(12)4)8-19(5,17)18/h9,14H,6-8H2,1-5H3. The van der Waals surface area contributed by atoms with Crippen LogP contribution in [0.15, 0.2) is 0 Å². The number of aromatic nitrogens is 2. The second-order valence-corrected chi connectivity index (χ2v) is 7.36. The van der Waals surface area contributed by atoms with Crippen molar-refractivity contribution in [1.82, 2.24) is 15.3 Å². The molecule has 0 atom stereocenters. The van der Waals surface area contributed by atoms with Crippen LogP contribution >= 0.6 is 0 Å². The van der Waals surface area contributed by atoms with E-state index in [1.807, 2.05) is 13.8 Å². The summed E-state index contributed by atoms with van der Waals surface area (Å²) in [7, 11) is -3.09. The van der Waals surface area contributed by atoms with Crippen LogP contribution in [0.2, 0.25) is 0 Å². The van der Waals surface area contributed by atoms with Gasteiger partial charge < -0.3 is 5.32 Å². The van der Waals surface area contributed by atoms with Crippen LogP contribution in [-0.4, -0.2) is 37.2 Å². The molecule has 0 amide bonds. The van der Waals surface area contributed by atoms with Gasteiger partial charge in [0.15, 0.2) is 9.84 Å².